The zero-order valence-electron chi connectivity index (χ0n) is 14.0. The Morgan fingerprint density at radius 1 is 1.16 bits per heavy atom. The molecule has 0 spiro atoms. The number of carbonyl (C=O) groups is 2. The summed E-state index contributed by atoms with van der Waals surface area (Å²) in [7, 11) is 1.57. The van der Waals surface area contributed by atoms with Gasteiger partial charge < -0.3 is 10.1 Å². The van der Waals surface area contributed by atoms with Crippen LogP contribution in [0.25, 0.3) is 6.08 Å². The van der Waals surface area contributed by atoms with Crippen molar-refractivity contribution in [2.45, 2.75) is 6.92 Å². The van der Waals surface area contributed by atoms with Crippen molar-refractivity contribution in [3.63, 3.8) is 0 Å². The molecule has 0 unspecified atom stereocenters. The van der Waals surface area contributed by atoms with Crippen molar-refractivity contribution in [3.8, 4) is 5.75 Å². The van der Waals surface area contributed by atoms with Gasteiger partial charge in [-0.05, 0) is 48.5 Å². The lowest BCUT2D eigenvalue weighted by Crippen LogP contribution is -2.33. The highest BCUT2D eigenvalue weighted by Crippen LogP contribution is 2.33. The van der Waals surface area contributed by atoms with Crippen LogP contribution in [-0.2, 0) is 4.79 Å². The maximum atomic E-state index is 12.5. The summed E-state index contributed by atoms with van der Waals surface area (Å²) < 4.78 is 5.29. The Bertz CT molecular complexity index is 848. The van der Waals surface area contributed by atoms with Crippen LogP contribution < -0.4 is 10.1 Å². The van der Waals surface area contributed by atoms with Crippen LogP contribution in [0.3, 0.4) is 0 Å². The SMILES string of the molecule is COc1ccccc1/C=C1/SC(=O)N(CNc2cccc(C)c2)C1=O. The van der Waals surface area contributed by atoms with Crippen LogP contribution in [0.1, 0.15) is 11.1 Å². The Kier molecular flexibility index (Phi) is 5.09. The van der Waals surface area contributed by atoms with Gasteiger partial charge in [0.05, 0.1) is 18.7 Å². The fourth-order valence-corrected chi connectivity index (χ4v) is 3.32. The second kappa shape index (κ2) is 7.44. The molecular formula is C19H18N2O3S. The molecule has 2 aromatic rings. The number of amides is 2. The number of benzene rings is 2. The van der Waals surface area contributed by atoms with Gasteiger partial charge in [-0.3, -0.25) is 14.5 Å². The normalized spacial score (nSPS) is 15.8. The summed E-state index contributed by atoms with van der Waals surface area (Å²) in [6.07, 6.45) is 1.69. The lowest BCUT2D eigenvalue weighted by molar-refractivity contribution is -0.122. The topological polar surface area (TPSA) is 58.6 Å². The summed E-state index contributed by atoms with van der Waals surface area (Å²) in [5.41, 5.74) is 2.74. The van der Waals surface area contributed by atoms with Crippen molar-refractivity contribution in [3.05, 3.63) is 64.6 Å². The minimum absolute atomic E-state index is 0.136. The maximum Gasteiger partial charge on any atom is 0.295 e. The van der Waals surface area contributed by atoms with Crippen LogP contribution in [0.2, 0.25) is 0 Å². The minimum atomic E-state index is -0.305. The number of para-hydroxylation sites is 1. The number of methoxy groups -OCH3 is 1. The van der Waals surface area contributed by atoms with Crippen molar-refractivity contribution in [1.29, 1.82) is 0 Å². The molecule has 0 atom stereocenters. The molecule has 2 amide bonds. The molecule has 1 heterocycles. The van der Waals surface area contributed by atoms with E-state index in [1.54, 1.807) is 13.2 Å². The molecule has 1 fully saturated rings. The molecule has 5 nitrogen and oxygen atoms in total. The lowest BCUT2D eigenvalue weighted by Gasteiger charge is -2.14. The molecule has 0 aliphatic carbocycles. The zero-order chi connectivity index (χ0) is 17.8. The van der Waals surface area contributed by atoms with E-state index >= 15 is 0 Å². The lowest BCUT2D eigenvalue weighted by atomic mass is 10.2. The van der Waals surface area contributed by atoms with Gasteiger partial charge in [-0.15, -0.1) is 0 Å². The summed E-state index contributed by atoms with van der Waals surface area (Å²) >= 11 is 0.937. The molecule has 128 valence electrons. The highest BCUT2D eigenvalue weighted by molar-refractivity contribution is 8.18. The third-order valence-electron chi connectivity index (χ3n) is 3.76. The second-order valence-electron chi connectivity index (χ2n) is 5.56. The average Bonchev–Trinajstić information content (AvgIpc) is 2.87. The van der Waals surface area contributed by atoms with Gasteiger partial charge in [0.2, 0.25) is 0 Å². The van der Waals surface area contributed by atoms with E-state index < -0.39 is 0 Å². The highest BCUT2D eigenvalue weighted by atomic mass is 32.2. The number of imide groups is 1. The molecule has 3 rings (SSSR count). The summed E-state index contributed by atoms with van der Waals surface area (Å²) in [4.78, 5) is 26.3. The van der Waals surface area contributed by atoms with E-state index in [0.29, 0.717) is 10.7 Å². The first-order valence-electron chi connectivity index (χ1n) is 7.77. The molecular weight excluding hydrogens is 336 g/mol. The fourth-order valence-electron chi connectivity index (χ4n) is 2.49. The standard InChI is InChI=1S/C19H18N2O3S/c1-13-6-5-8-15(10-13)20-12-21-18(22)17(25-19(21)23)11-14-7-3-4-9-16(14)24-2/h3-11,20H,12H2,1-2H3/b17-11+. The van der Waals surface area contributed by atoms with Gasteiger partial charge in [-0.1, -0.05) is 30.3 Å². The Morgan fingerprint density at radius 2 is 1.96 bits per heavy atom. The van der Waals surface area contributed by atoms with Crippen LogP contribution >= 0.6 is 11.8 Å². The Morgan fingerprint density at radius 3 is 2.72 bits per heavy atom. The number of nitrogens with zero attached hydrogens (tertiary/aromatic N) is 1. The van der Waals surface area contributed by atoms with Crippen LogP contribution in [0.15, 0.2) is 53.4 Å². The predicted octanol–water partition coefficient (Wildman–Crippen LogP) is 4.11. The zero-order valence-corrected chi connectivity index (χ0v) is 14.8. The number of ether oxygens (including phenoxy) is 1. The molecule has 1 saturated heterocycles. The van der Waals surface area contributed by atoms with E-state index in [1.807, 2.05) is 55.5 Å². The van der Waals surface area contributed by atoms with Crippen LogP contribution in [0.5, 0.6) is 5.75 Å². The first-order valence-corrected chi connectivity index (χ1v) is 8.59. The molecule has 1 N–H and O–H groups in total. The summed E-state index contributed by atoms with van der Waals surface area (Å²) in [5, 5.41) is 2.83. The number of rotatable bonds is 5. The second-order valence-corrected chi connectivity index (χ2v) is 6.55. The fraction of sp³-hybridized carbons (Fsp3) is 0.158. The van der Waals surface area contributed by atoms with Crippen molar-refractivity contribution < 1.29 is 14.3 Å². The van der Waals surface area contributed by atoms with Gasteiger partial charge in [0.25, 0.3) is 11.1 Å². The van der Waals surface area contributed by atoms with Crippen LogP contribution in [0.4, 0.5) is 10.5 Å². The molecule has 0 aromatic heterocycles. The quantitative estimate of drug-likeness (QED) is 0.819. The van der Waals surface area contributed by atoms with E-state index in [2.05, 4.69) is 5.32 Å². The van der Waals surface area contributed by atoms with Gasteiger partial charge in [0, 0.05) is 11.3 Å². The largest absolute Gasteiger partial charge is 0.496 e. The number of carbonyl (C=O) groups excluding carboxylic acids is 2. The number of hydrogen-bond donors (Lipinski definition) is 1. The van der Waals surface area contributed by atoms with Gasteiger partial charge in [-0.25, -0.2) is 0 Å². The minimum Gasteiger partial charge on any atom is -0.496 e. The number of nitrogens with one attached hydrogen (secondary N) is 1. The molecule has 0 saturated carbocycles. The highest BCUT2D eigenvalue weighted by Gasteiger charge is 2.34. The number of thioether (sulfide) groups is 1. The number of anilines is 1. The van der Waals surface area contributed by atoms with E-state index in [1.165, 1.54) is 4.90 Å². The molecule has 1 aliphatic heterocycles. The summed E-state index contributed by atoms with van der Waals surface area (Å²) in [5.74, 6) is 0.355. The smallest absolute Gasteiger partial charge is 0.295 e. The van der Waals surface area contributed by atoms with Crippen molar-refractivity contribution in [1.82, 2.24) is 4.90 Å². The first-order chi connectivity index (χ1) is 12.1. The first kappa shape index (κ1) is 17.1. The summed E-state index contributed by atoms with van der Waals surface area (Å²) in [6, 6.07) is 15.1. The van der Waals surface area contributed by atoms with E-state index in [9.17, 15) is 9.59 Å². The third kappa shape index (κ3) is 3.85. The van der Waals surface area contributed by atoms with E-state index in [4.69, 9.17) is 4.74 Å². The molecule has 25 heavy (non-hydrogen) atoms. The maximum absolute atomic E-state index is 12.5. The molecule has 0 radical (unpaired) electrons. The predicted molar refractivity (Wildman–Crippen MR) is 100 cm³/mol. The Balaban J connectivity index is 1.75. The van der Waals surface area contributed by atoms with Crippen molar-refractivity contribution >= 4 is 34.7 Å². The average molecular weight is 354 g/mol. The Labute approximate surface area is 150 Å². The van der Waals surface area contributed by atoms with Gasteiger partial charge in [0.1, 0.15) is 5.75 Å². The molecule has 1 aliphatic rings. The molecule has 6 heteroatoms. The monoisotopic (exact) mass is 354 g/mol. The Hall–Kier alpha value is -2.73. The van der Waals surface area contributed by atoms with Gasteiger partial charge in [0.15, 0.2) is 0 Å². The van der Waals surface area contributed by atoms with Crippen LogP contribution in [0, 0.1) is 6.92 Å². The molecule has 2 aromatic carbocycles. The van der Waals surface area contributed by atoms with Crippen LogP contribution in [-0.4, -0.2) is 29.8 Å². The van der Waals surface area contributed by atoms with Crippen molar-refractivity contribution in [2.75, 3.05) is 19.1 Å². The van der Waals surface area contributed by atoms with E-state index in [-0.39, 0.29) is 17.8 Å². The summed E-state index contributed by atoms with van der Waals surface area (Å²) in [6.45, 7) is 2.12. The van der Waals surface area contributed by atoms with E-state index in [0.717, 1.165) is 28.6 Å². The van der Waals surface area contributed by atoms with Gasteiger partial charge in [-0.2, -0.15) is 0 Å². The third-order valence-corrected chi connectivity index (χ3v) is 4.67. The van der Waals surface area contributed by atoms with Gasteiger partial charge >= 0.3 is 0 Å². The number of hydrogen-bond acceptors (Lipinski definition) is 5. The van der Waals surface area contributed by atoms with Crippen molar-refractivity contribution in [2.24, 2.45) is 0 Å². The number of aryl methyl sites for hydroxylation is 1. The molecule has 0 bridgehead atoms.